The van der Waals surface area contributed by atoms with E-state index in [1.807, 2.05) is 30.3 Å². The van der Waals surface area contributed by atoms with Gasteiger partial charge in [0.05, 0.1) is 22.4 Å². The van der Waals surface area contributed by atoms with Crippen LogP contribution in [-0.4, -0.2) is 21.0 Å². The van der Waals surface area contributed by atoms with Crippen molar-refractivity contribution < 1.29 is 9.90 Å². The van der Waals surface area contributed by atoms with E-state index < -0.39 is 5.97 Å². The summed E-state index contributed by atoms with van der Waals surface area (Å²) in [4.78, 5) is 19.3. The number of fused-ring (bicyclic) bond motifs is 1. The van der Waals surface area contributed by atoms with Gasteiger partial charge in [-0.05, 0) is 24.3 Å². The zero-order valence-electron chi connectivity index (χ0n) is 10.7. The number of nitrogens with one attached hydrogen (secondary N) is 1. The van der Waals surface area contributed by atoms with Gasteiger partial charge in [0, 0.05) is 5.39 Å². The highest BCUT2D eigenvalue weighted by molar-refractivity contribution is 6.33. The number of halogens is 1. The van der Waals surface area contributed by atoms with Gasteiger partial charge < -0.3 is 10.4 Å². The predicted octanol–water partition coefficient (Wildman–Crippen LogP) is 3.73. The molecule has 0 aliphatic rings. The third-order valence-electron chi connectivity index (χ3n) is 2.91. The largest absolute Gasteiger partial charge is 0.476 e. The number of rotatable bonds is 3. The minimum atomic E-state index is -1.17. The molecule has 0 saturated carbocycles. The molecular formula is C15H10ClN3O2. The van der Waals surface area contributed by atoms with Crippen molar-refractivity contribution in [1.29, 1.82) is 0 Å². The average molecular weight is 300 g/mol. The van der Waals surface area contributed by atoms with Gasteiger partial charge in [-0.3, -0.25) is 4.98 Å². The predicted molar refractivity (Wildman–Crippen MR) is 81.2 cm³/mol. The van der Waals surface area contributed by atoms with E-state index in [1.54, 1.807) is 12.3 Å². The van der Waals surface area contributed by atoms with E-state index in [0.29, 0.717) is 5.82 Å². The Labute approximate surface area is 125 Å². The van der Waals surface area contributed by atoms with Crippen molar-refractivity contribution >= 4 is 40.0 Å². The van der Waals surface area contributed by atoms with Crippen LogP contribution in [0.15, 0.2) is 48.7 Å². The SMILES string of the molecule is O=C(O)c1nc(Nc2cnc3ccccc3c2)ccc1Cl. The van der Waals surface area contributed by atoms with Crippen molar-refractivity contribution in [3.63, 3.8) is 0 Å². The molecule has 0 bridgehead atoms. The van der Waals surface area contributed by atoms with E-state index in [9.17, 15) is 4.79 Å². The molecule has 0 amide bonds. The molecule has 0 aliphatic carbocycles. The number of carboxylic acids is 1. The molecule has 0 spiro atoms. The lowest BCUT2D eigenvalue weighted by Gasteiger charge is -2.07. The quantitative estimate of drug-likeness (QED) is 0.771. The fourth-order valence-corrected chi connectivity index (χ4v) is 2.14. The van der Waals surface area contributed by atoms with E-state index in [1.165, 1.54) is 6.07 Å². The lowest BCUT2D eigenvalue weighted by atomic mass is 10.2. The second-order valence-corrected chi connectivity index (χ2v) is 4.78. The highest BCUT2D eigenvalue weighted by atomic mass is 35.5. The van der Waals surface area contributed by atoms with Crippen LogP contribution in [0.3, 0.4) is 0 Å². The van der Waals surface area contributed by atoms with Crippen LogP contribution in [0.2, 0.25) is 5.02 Å². The monoisotopic (exact) mass is 299 g/mol. The Morgan fingerprint density at radius 2 is 2.00 bits per heavy atom. The van der Waals surface area contributed by atoms with E-state index in [0.717, 1.165) is 16.6 Å². The number of benzene rings is 1. The molecule has 3 aromatic rings. The first kappa shape index (κ1) is 13.3. The zero-order chi connectivity index (χ0) is 14.8. The first-order valence-corrected chi connectivity index (χ1v) is 6.53. The lowest BCUT2D eigenvalue weighted by Crippen LogP contribution is -2.04. The van der Waals surface area contributed by atoms with Crippen LogP contribution in [-0.2, 0) is 0 Å². The summed E-state index contributed by atoms with van der Waals surface area (Å²) in [5.41, 5.74) is 1.42. The molecule has 2 heterocycles. The van der Waals surface area contributed by atoms with Gasteiger partial charge in [0.15, 0.2) is 5.69 Å². The van der Waals surface area contributed by atoms with Gasteiger partial charge in [0.2, 0.25) is 0 Å². The number of pyridine rings is 2. The summed E-state index contributed by atoms with van der Waals surface area (Å²) in [6.45, 7) is 0. The summed E-state index contributed by atoms with van der Waals surface area (Å²) in [5.74, 6) is -0.769. The molecule has 0 saturated heterocycles. The maximum atomic E-state index is 11.0. The van der Waals surface area contributed by atoms with E-state index >= 15 is 0 Å². The Hall–Kier alpha value is -2.66. The van der Waals surface area contributed by atoms with Crippen molar-refractivity contribution in [1.82, 2.24) is 9.97 Å². The Morgan fingerprint density at radius 1 is 1.19 bits per heavy atom. The number of para-hydroxylation sites is 1. The zero-order valence-corrected chi connectivity index (χ0v) is 11.5. The molecule has 0 radical (unpaired) electrons. The fourth-order valence-electron chi connectivity index (χ4n) is 1.95. The number of carboxylic acid groups (broad SMARTS) is 1. The number of anilines is 2. The standard InChI is InChI=1S/C15H10ClN3O2/c16-11-5-6-13(19-14(11)15(20)21)18-10-7-9-3-1-2-4-12(9)17-8-10/h1-8H,(H,18,19)(H,20,21). The molecule has 2 N–H and O–H groups in total. The van der Waals surface area contributed by atoms with E-state index in [4.69, 9.17) is 16.7 Å². The normalized spacial score (nSPS) is 10.5. The van der Waals surface area contributed by atoms with Crippen LogP contribution in [0.4, 0.5) is 11.5 Å². The molecule has 1 aromatic carbocycles. The molecule has 5 nitrogen and oxygen atoms in total. The fraction of sp³-hybridized carbons (Fsp3) is 0. The van der Waals surface area contributed by atoms with Crippen molar-refractivity contribution in [2.75, 3.05) is 5.32 Å². The van der Waals surface area contributed by atoms with Crippen molar-refractivity contribution in [2.45, 2.75) is 0 Å². The summed E-state index contributed by atoms with van der Waals surface area (Å²) in [7, 11) is 0. The second kappa shape index (κ2) is 5.38. The van der Waals surface area contributed by atoms with Crippen molar-refractivity contribution in [3.8, 4) is 0 Å². The number of hydrogen-bond acceptors (Lipinski definition) is 4. The molecule has 104 valence electrons. The Kier molecular flexibility index (Phi) is 3.41. The van der Waals surface area contributed by atoms with Crippen molar-refractivity contribution in [2.24, 2.45) is 0 Å². The molecule has 3 rings (SSSR count). The molecule has 21 heavy (non-hydrogen) atoms. The second-order valence-electron chi connectivity index (χ2n) is 4.37. The van der Waals surface area contributed by atoms with Gasteiger partial charge in [-0.15, -0.1) is 0 Å². The van der Waals surface area contributed by atoms with Gasteiger partial charge in [-0.25, -0.2) is 9.78 Å². The smallest absolute Gasteiger partial charge is 0.356 e. The summed E-state index contributed by atoms with van der Waals surface area (Å²) in [6, 6.07) is 12.7. The summed E-state index contributed by atoms with van der Waals surface area (Å²) in [6.07, 6.45) is 1.67. The average Bonchev–Trinajstić information content (AvgIpc) is 2.49. The van der Waals surface area contributed by atoms with Gasteiger partial charge in [-0.2, -0.15) is 0 Å². The number of nitrogens with zero attached hydrogens (tertiary/aromatic N) is 2. The van der Waals surface area contributed by atoms with E-state index in [-0.39, 0.29) is 10.7 Å². The molecule has 0 fully saturated rings. The Balaban J connectivity index is 1.94. The summed E-state index contributed by atoms with van der Waals surface area (Å²) in [5, 5.41) is 13.1. The summed E-state index contributed by atoms with van der Waals surface area (Å²) < 4.78 is 0. The number of aromatic nitrogens is 2. The number of aromatic carboxylic acids is 1. The van der Waals surface area contributed by atoms with Gasteiger partial charge in [-0.1, -0.05) is 29.8 Å². The van der Waals surface area contributed by atoms with Crippen molar-refractivity contribution in [3.05, 3.63) is 59.4 Å². The van der Waals surface area contributed by atoms with Gasteiger partial charge in [0.25, 0.3) is 0 Å². The molecular weight excluding hydrogens is 290 g/mol. The molecule has 6 heteroatoms. The number of hydrogen-bond donors (Lipinski definition) is 2. The molecule has 0 unspecified atom stereocenters. The minimum Gasteiger partial charge on any atom is -0.476 e. The first-order valence-electron chi connectivity index (χ1n) is 6.15. The highest BCUT2D eigenvalue weighted by Crippen LogP contribution is 2.22. The lowest BCUT2D eigenvalue weighted by molar-refractivity contribution is 0.0691. The first-order chi connectivity index (χ1) is 10.1. The van der Waals surface area contributed by atoms with Crippen LogP contribution < -0.4 is 5.32 Å². The summed E-state index contributed by atoms with van der Waals surface area (Å²) >= 11 is 5.79. The van der Waals surface area contributed by atoms with Crippen LogP contribution >= 0.6 is 11.6 Å². The highest BCUT2D eigenvalue weighted by Gasteiger charge is 2.11. The van der Waals surface area contributed by atoms with Crippen LogP contribution in [0.5, 0.6) is 0 Å². The van der Waals surface area contributed by atoms with Crippen LogP contribution in [0, 0.1) is 0 Å². The maximum absolute atomic E-state index is 11.0. The Morgan fingerprint density at radius 3 is 2.81 bits per heavy atom. The van der Waals surface area contributed by atoms with Gasteiger partial charge >= 0.3 is 5.97 Å². The molecule has 0 aliphatic heterocycles. The topological polar surface area (TPSA) is 75.1 Å². The third kappa shape index (κ3) is 2.78. The van der Waals surface area contributed by atoms with Crippen LogP contribution in [0.1, 0.15) is 10.5 Å². The third-order valence-corrected chi connectivity index (χ3v) is 3.22. The molecule has 2 aromatic heterocycles. The number of carbonyl (C=O) groups is 1. The van der Waals surface area contributed by atoms with Gasteiger partial charge in [0.1, 0.15) is 5.82 Å². The van der Waals surface area contributed by atoms with Crippen LogP contribution in [0.25, 0.3) is 10.9 Å². The molecule has 0 atom stereocenters. The Bertz CT molecular complexity index is 836. The minimum absolute atomic E-state index is 0.102. The maximum Gasteiger partial charge on any atom is 0.356 e. The van der Waals surface area contributed by atoms with E-state index in [2.05, 4.69) is 15.3 Å².